The molecule has 1 N–H and O–H groups in total. The number of ether oxygens (including phenoxy) is 2. The van der Waals surface area contributed by atoms with Crippen LogP contribution >= 0.6 is 0 Å². The van der Waals surface area contributed by atoms with E-state index in [4.69, 9.17) is 9.47 Å². The van der Waals surface area contributed by atoms with Gasteiger partial charge in [-0.1, -0.05) is 182 Å². The Bertz CT molecular complexity index is 824. The zero-order valence-corrected chi connectivity index (χ0v) is 38.5. The quantitative estimate of drug-likeness (QED) is 0.0489. The number of esters is 2. The number of hydrogen-bond acceptors (Lipinski definition) is 6. The molecule has 0 spiro atoms. The van der Waals surface area contributed by atoms with Crippen LogP contribution < -0.4 is 5.32 Å². The first-order valence-electron chi connectivity index (χ1n) is 24.5. The molecule has 0 bridgehead atoms. The van der Waals surface area contributed by atoms with Gasteiger partial charge in [0.2, 0.25) is 5.91 Å². The van der Waals surface area contributed by atoms with Crippen LogP contribution in [0.1, 0.15) is 247 Å². The molecule has 0 aliphatic carbocycles. The van der Waals surface area contributed by atoms with E-state index >= 15 is 0 Å². The van der Waals surface area contributed by atoms with Gasteiger partial charge in [-0.25, -0.2) is 0 Å². The van der Waals surface area contributed by atoms with E-state index in [1.807, 2.05) is 7.05 Å². The van der Waals surface area contributed by atoms with E-state index in [2.05, 4.69) is 51.8 Å². The Morgan fingerprint density at radius 3 is 1.14 bits per heavy atom. The number of nitrogens with one attached hydrogen (secondary N) is 1. The fourth-order valence-electron chi connectivity index (χ4n) is 7.72. The summed E-state index contributed by atoms with van der Waals surface area (Å²) in [5.74, 6) is 1.52. The van der Waals surface area contributed by atoms with Gasteiger partial charge in [0.25, 0.3) is 0 Å². The summed E-state index contributed by atoms with van der Waals surface area (Å²) < 4.78 is 11.2. The fraction of sp³-hybridized carbons (Fsp3) is 0.939. The molecule has 0 aromatic carbocycles. The largest absolute Gasteiger partial charge is 0.466 e. The molecule has 0 aromatic rings. The summed E-state index contributed by atoms with van der Waals surface area (Å²) in [7, 11) is 2.02. The summed E-state index contributed by atoms with van der Waals surface area (Å²) in [6.07, 6.45) is 36.3. The monoisotopic (exact) mass is 793 g/mol. The number of carbonyl (C=O) groups excluding carboxylic acids is 3. The van der Waals surface area contributed by atoms with Gasteiger partial charge in [0, 0.05) is 24.9 Å². The lowest BCUT2D eigenvalue weighted by Gasteiger charge is -2.23. The van der Waals surface area contributed by atoms with E-state index in [1.54, 1.807) is 0 Å². The van der Waals surface area contributed by atoms with E-state index in [9.17, 15) is 14.4 Å². The Morgan fingerprint density at radius 1 is 0.464 bits per heavy atom. The molecule has 332 valence electrons. The van der Waals surface area contributed by atoms with Crippen LogP contribution in [0.2, 0.25) is 0 Å². The number of carbonyl (C=O) groups is 3. The van der Waals surface area contributed by atoms with Gasteiger partial charge in [-0.2, -0.15) is 0 Å². The summed E-state index contributed by atoms with van der Waals surface area (Å²) >= 11 is 0. The highest BCUT2D eigenvalue weighted by atomic mass is 16.5. The van der Waals surface area contributed by atoms with Crippen LogP contribution in [0.4, 0.5) is 0 Å². The average Bonchev–Trinajstić information content (AvgIpc) is 3.17. The lowest BCUT2D eigenvalue weighted by atomic mass is 9.93. The van der Waals surface area contributed by atoms with Crippen LogP contribution in [0.25, 0.3) is 0 Å². The summed E-state index contributed by atoms with van der Waals surface area (Å²) in [6, 6.07) is 0.601. The predicted octanol–water partition coefficient (Wildman–Crippen LogP) is 13.7. The first kappa shape index (κ1) is 54.4. The molecular formula is C49H96N2O5. The second-order valence-corrected chi connectivity index (χ2v) is 17.6. The molecule has 7 heteroatoms. The van der Waals surface area contributed by atoms with Gasteiger partial charge < -0.3 is 14.8 Å². The van der Waals surface area contributed by atoms with Crippen molar-refractivity contribution in [2.75, 3.05) is 26.8 Å². The number of likely N-dealkylation sites (N-methyl/N-ethyl adjacent to an activating group) is 1. The van der Waals surface area contributed by atoms with Crippen molar-refractivity contribution >= 4 is 17.8 Å². The first-order chi connectivity index (χ1) is 27.2. The van der Waals surface area contributed by atoms with Crippen molar-refractivity contribution in [1.29, 1.82) is 0 Å². The predicted molar refractivity (Wildman–Crippen MR) is 239 cm³/mol. The zero-order valence-electron chi connectivity index (χ0n) is 38.5. The molecule has 0 aliphatic heterocycles. The van der Waals surface area contributed by atoms with E-state index in [0.29, 0.717) is 50.5 Å². The average molecular weight is 793 g/mol. The van der Waals surface area contributed by atoms with E-state index in [1.165, 1.54) is 128 Å². The number of unbranched alkanes of at least 4 members (excludes halogenated alkanes) is 16. The molecule has 0 unspecified atom stereocenters. The van der Waals surface area contributed by atoms with E-state index in [-0.39, 0.29) is 23.9 Å². The summed E-state index contributed by atoms with van der Waals surface area (Å²) in [5.41, 5.74) is 0. The van der Waals surface area contributed by atoms with E-state index < -0.39 is 0 Å². The minimum absolute atomic E-state index is 0.0180. The molecule has 0 fully saturated rings. The molecule has 0 heterocycles. The third-order valence-corrected chi connectivity index (χ3v) is 11.9. The maximum Gasteiger partial charge on any atom is 0.305 e. The number of nitrogens with zero attached hydrogens (tertiary/aromatic N) is 1. The topological polar surface area (TPSA) is 84.9 Å². The van der Waals surface area contributed by atoms with Gasteiger partial charge in [0.15, 0.2) is 0 Å². The minimum Gasteiger partial charge on any atom is -0.466 e. The van der Waals surface area contributed by atoms with Gasteiger partial charge >= 0.3 is 11.9 Å². The summed E-state index contributed by atoms with van der Waals surface area (Å²) in [6.45, 7) is 14.9. The van der Waals surface area contributed by atoms with E-state index in [0.717, 1.165) is 64.2 Å². The van der Waals surface area contributed by atoms with Gasteiger partial charge in [-0.05, 0) is 71.3 Å². The molecule has 0 aromatic heterocycles. The molecule has 0 saturated carbocycles. The minimum atomic E-state index is -0.0180. The molecule has 0 atom stereocenters. The third-order valence-electron chi connectivity index (χ3n) is 11.9. The summed E-state index contributed by atoms with van der Waals surface area (Å²) in [4.78, 5) is 39.5. The van der Waals surface area contributed by atoms with Crippen molar-refractivity contribution in [1.82, 2.24) is 10.2 Å². The molecule has 7 nitrogen and oxygen atoms in total. The smallest absolute Gasteiger partial charge is 0.305 e. The SMILES string of the molecule is CCCCC(CCCC)CCOC(=O)CCCCCCCCCC(CCCCCCCCCC(=O)OCCC(CCCC)CCCC)NC(=O)CN(C)C(C)C. The van der Waals surface area contributed by atoms with Gasteiger partial charge in [-0.15, -0.1) is 0 Å². The molecule has 0 saturated heterocycles. The normalized spacial score (nSPS) is 11.8. The second-order valence-electron chi connectivity index (χ2n) is 17.6. The maximum absolute atomic E-state index is 12.8. The third kappa shape index (κ3) is 35.5. The maximum atomic E-state index is 12.8. The Morgan fingerprint density at radius 2 is 0.804 bits per heavy atom. The Balaban J connectivity index is 4.20. The second kappa shape index (κ2) is 40.2. The van der Waals surface area contributed by atoms with Crippen LogP contribution in [-0.4, -0.2) is 61.6 Å². The fourth-order valence-corrected chi connectivity index (χ4v) is 7.72. The number of amides is 1. The Kier molecular flexibility index (Phi) is 39.0. The van der Waals surface area contributed by atoms with Crippen LogP contribution in [0.3, 0.4) is 0 Å². The van der Waals surface area contributed by atoms with Crippen molar-refractivity contribution < 1.29 is 23.9 Å². The van der Waals surface area contributed by atoms with Crippen LogP contribution in [0, 0.1) is 11.8 Å². The van der Waals surface area contributed by atoms with Crippen LogP contribution in [0.15, 0.2) is 0 Å². The highest BCUT2D eigenvalue weighted by Gasteiger charge is 2.16. The number of rotatable bonds is 42. The highest BCUT2D eigenvalue weighted by molar-refractivity contribution is 5.78. The zero-order chi connectivity index (χ0) is 41.5. The van der Waals surface area contributed by atoms with Crippen LogP contribution in [-0.2, 0) is 23.9 Å². The lowest BCUT2D eigenvalue weighted by molar-refractivity contribution is -0.145. The highest BCUT2D eigenvalue weighted by Crippen LogP contribution is 2.22. The molecule has 0 rings (SSSR count). The van der Waals surface area contributed by atoms with Crippen LogP contribution in [0.5, 0.6) is 0 Å². The molecular weight excluding hydrogens is 697 g/mol. The Labute approximate surface area is 348 Å². The molecule has 56 heavy (non-hydrogen) atoms. The Hall–Kier alpha value is -1.63. The van der Waals surface area contributed by atoms with Crippen molar-refractivity contribution in [3.05, 3.63) is 0 Å². The van der Waals surface area contributed by atoms with Crippen molar-refractivity contribution in [2.24, 2.45) is 11.8 Å². The lowest BCUT2D eigenvalue weighted by Crippen LogP contribution is -2.42. The van der Waals surface area contributed by atoms with Crippen molar-refractivity contribution in [3.8, 4) is 0 Å². The van der Waals surface area contributed by atoms with Gasteiger partial charge in [0.05, 0.1) is 19.8 Å². The number of hydrogen-bond donors (Lipinski definition) is 1. The molecule has 1 amide bonds. The van der Waals surface area contributed by atoms with Crippen molar-refractivity contribution in [2.45, 2.75) is 259 Å². The molecule has 0 radical (unpaired) electrons. The van der Waals surface area contributed by atoms with Gasteiger partial charge in [0.1, 0.15) is 0 Å². The molecule has 0 aliphatic rings. The van der Waals surface area contributed by atoms with Gasteiger partial charge in [-0.3, -0.25) is 19.3 Å². The standard InChI is InChI=1S/C49H96N2O5/c1-8-12-30-44(31-13-9-2)38-40-55-48(53)36-28-24-20-16-18-22-26-34-46(50-47(52)42-51(7)43(5)6)35-27-23-19-17-21-25-29-37-49(54)56-41-39-45(32-14-10-3)33-15-11-4/h43-46H,8-42H2,1-7H3,(H,50,52). The van der Waals surface area contributed by atoms with Crippen molar-refractivity contribution in [3.63, 3.8) is 0 Å². The first-order valence-corrected chi connectivity index (χ1v) is 24.5. The summed E-state index contributed by atoms with van der Waals surface area (Å²) in [5, 5.41) is 3.37.